The van der Waals surface area contributed by atoms with E-state index < -0.39 is 0 Å². The first-order chi connectivity index (χ1) is 8.25. The Hall–Kier alpha value is -2.09. The second kappa shape index (κ2) is 5.30. The lowest BCUT2D eigenvalue weighted by molar-refractivity contribution is 1.02. The smallest absolute Gasteiger partial charge is 0.0590 e. The Morgan fingerprint density at radius 2 is 1.76 bits per heavy atom. The molecule has 0 aliphatic carbocycles. The number of para-hydroxylation sites is 1. The van der Waals surface area contributed by atoms with Gasteiger partial charge in [0.1, 0.15) is 0 Å². The maximum Gasteiger partial charge on any atom is 0.0590 e. The van der Waals surface area contributed by atoms with Crippen LogP contribution in [-0.4, -0.2) is 13.3 Å². The van der Waals surface area contributed by atoms with Gasteiger partial charge in [-0.25, -0.2) is 0 Å². The van der Waals surface area contributed by atoms with Gasteiger partial charge in [-0.1, -0.05) is 48.0 Å². The lowest BCUT2D eigenvalue weighted by atomic mass is 10.2. The van der Waals surface area contributed by atoms with E-state index in [0.29, 0.717) is 0 Å². The summed E-state index contributed by atoms with van der Waals surface area (Å²) in [6.45, 7) is 2.08. The van der Waals surface area contributed by atoms with Gasteiger partial charge in [-0.3, -0.25) is 5.01 Å². The number of hydrogen-bond donors (Lipinski definition) is 0. The SMILES string of the molecule is Cc1cccc(C=NN(C)c2ccccc2)c1. The molecule has 0 saturated carbocycles. The third kappa shape index (κ3) is 3.18. The fraction of sp³-hybridized carbons (Fsp3) is 0.133. The van der Waals surface area contributed by atoms with E-state index >= 15 is 0 Å². The van der Waals surface area contributed by atoms with Crippen LogP contribution >= 0.6 is 0 Å². The standard InChI is InChI=1S/C15H16N2/c1-13-7-6-8-14(11-13)12-16-17(2)15-9-4-3-5-10-15/h3-12H,1-2H3. The molecule has 2 rings (SSSR count). The molecule has 0 bridgehead atoms. The van der Waals surface area contributed by atoms with Crippen molar-refractivity contribution in [2.75, 3.05) is 12.1 Å². The highest BCUT2D eigenvalue weighted by atomic mass is 15.4. The van der Waals surface area contributed by atoms with E-state index in [1.807, 2.05) is 54.7 Å². The summed E-state index contributed by atoms with van der Waals surface area (Å²) in [6, 6.07) is 18.4. The molecule has 0 aliphatic heterocycles. The number of nitrogens with zero attached hydrogens (tertiary/aromatic N) is 2. The molecule has 0 saturated heterocycles. The highest BCUT2D eigenvalue weighted by Crippen LogP contribution is 2.11. The van der Waals surface area contributed by atoms with E-state index in [0.717, 1.165) is 11.3 Å². The van der Waals surface area contributed by atoms with E-state index in [9.17, 15) is 0 Å². The first kappa shape index (κ1) is 11.4. The third-order valence-electron chi connectivity index (χ3n) is 2.55. The lowest BCUT2D eigenvalue weighted by Crippen LogP contribution is -2.08. The molecule has 2 nitrogen and oxygen atoms in total. The maximum atomic E-state index is 4.41. The highest BCUT2D eigenvalue weighted by Gasteiger charge is 1.95. The van der Waals surface area contributed by atoms with Crippen LogP contribution in [0.5, 0.6) is 0 Å². The van der Waals surface area contributed by atoms with Gasteiger partial charge >= 0.3 is 0 Å². The molecule has 0 spiro atoms. The summed E-state index contributed by atoms with van der Waals surface area (Å²) in [5.41, 5.74) is 3.44. The second-order valence-electron chi connectivity index (χ2n) is 4.02. The molecule has 2 aromatic carbocycles. The van der Waals surface area contributed by atoms with Crippen LogP contribution in [0.2, 0.25) is 0 Å². The summed E-state index contributed by atoms with van der Waals surface area (Å²) in [5.74, 6) is 0. The van der Waals surface area contributed by atoms with Crippen molar-refractivity contribution in [3.63, 3.8) is 0 Å². The van der Waals surface area contributed by atoms with Gasteiger partial charge in [0.2, 0.25) is 0 Å². The van der Waals surface area contributed by atoms with Gasteiger partial charge in [0.15, 0.2) is 0 Å². The maximum absolute atomic E-state index is 4.41. The molecule has 0 aliphatic rings. The Bertz CT molecular complexity index is 503. The summed E-state index contributed by atoms with van der Waals surface area (Å²) in [6.07, 6.45) is 1.88. The number of anilines is 1. The highest BCUT2D eigenvalue weighted by molar-refractivity contribution is 5.80. The Labute approximate surface area is 102 Å². The van der Waals surface area contributed by atoms with Crippen molar-refractivity contribution < 1.29 is 0 Å². The average Bonchev–Trinajstić information content (AvgIpc) is 2.37. The molecule has 0 amide bonds. The molecular weight excluding hydrogens is 208 g/mol. The van der Waals surface area contributed by atoms with Gasteiger partial charge in [0.05, 0.1) is 11.9 Å². The summed E-state index contributed by atoms with van der Waals surface area (Å²) in [7, 11) is 1.95. The monoisotopic (exact) mass is 224 g/mol. The molecule has 0 radical (unpaired) electrons. The van der Waals surface area contributed by atoms with Crippen molar-refractivity contribution in [3.05, 3.63) is 65.7 Å². The summed E-state index contributed by atoms with van der Waals surface area (Å²) in [5, 5.41) is 6.28. The Balaban J connectivity index is 2.11. The van der Waals surface area contributed by atoms with Gasteiger partial charge in [-0.15, -0.1) is 0 Å². The van der Waals surface area contributed by atoms with Crippen molar-refractivity contribution in [2.24, 2.45) is 5.10 Å². The van der Waals surface area contributed by atoms with Crippen LogP contribution in [0.25, 0.3) is 0 Å². The molecule has 17 heavy (non-hydrogen) atoms. The molecule has 0 fully saturated rings. The summed E-state index contributed by atoms with van der Waals surface area (Å²) < 4.78 is 0. The molecule has 0 atom stereocenters. The fourth-order valence-corrected chi connectivity index (χ4v) is 1.61. The normalized spacial score (nSPS) is 10.7. The predicted octanol–water partition coefficient (Wildman–Crippen LogP) is 3.47. The molecule has 0 heterocycles. The molecule has 0 N–H and O–H groups in total. The number of rotatable bonds is 3. The molecule has 0 aromatic heterocycles. The van der Waals surface area contributed by atoms with Gasteiger partial charge in [-0.2, -0.15) is 5.10 Å². The van der Waals surface area contributed by atoms with Crippen molar-refractivity contribution in [3.8, 4) is 0 Å². The minimum Gasteiger partial charge on any atom is -0.269 e. The zero-order chi connectivity index (χ0) is 12.1. The zero-order valence-corrected chi connectivity index (χ0v) is 10.2. The van der Waals surface area contributed by atoms with Crippen LogP contribution < -0.4 is 5.01 Å². The van der Waals surface area contributed by atoms with E-state index in [2.05, 4.69) is 30.2 Å². The number of aryl methyl sites for hydroxylation is 1. The van der Waals surface area contributed by atoms with Gasteiger partial charge in [0.25, 0.3) is 0 Å². The Morgan fingerprint density at radius 3 is 2.47 bits per heavy atom. The van der Waals surface area contributed by atoms with Gasteiger partial charge in [-0.05, 0) is 24.6 Å². The van der Waals surface area contributed by atoms with E-state index in [1.54, 1.807) is 0 Å². The minimum atomic E-state index is 1.08. The van der Waals surface area contributed by atoms with Crippen LogP contribution in [0.3, 0.4) is 0 Å². The second-order valence-corrected chi connectivity index (χ2v) is 4.02. The Morgan fingerprint density at radius 1 is 1.00 bits per heavy atom. The lowest BCUT2D eigenvalue weighted by Gasteiger charge is -2.12. The topological polar surface area (TPSA) is 15.6 Å². The fourth-order valence-electron chi connectivity index (χ4n) is 1.61. The average molecular weight is 224 g/mol. The van der Waals surface area contributed by atoms with Crippen molar-refractivity contribution in [1.82, 2.24) is 0 Å². The summed E-state index contributed by atoms with van der Waals surface area (Å²) >= 11 is 0. The zero-order valence-electron chi connectivity index (χ0n) is 10.2. The minimum absolute atomic E-state index is 1.08. The molecule has 86 valence electrons. The van der Waals surface area contributed by atoms with E-state index in [-0.39, 0.29) is 0 Å². The number of hydrazone groups is 1. The quantitative estimate of drug-likeness (QED) is 0.576. The molecule has 2 heteroatoms. The Kier molecular flexibility index (Phi) is 3.55. The third-order valence-corrected chi connectivity index (χ3v) is 2.55. The van der Waals surface area contributed by atoms with Crippen LogP contribution in [0.4, 0.5) is 5.69 Å². The number of hydrogen-bond acceptors (Lipinski definition) is 2. The van der Waals surface area contributed by atoms with Crippen molar-refractivity contribution in [2.45, 2.75) is 6.92 Å². The van der Waals surface area contributed by atoms with Gasteiger partial charge < -0.3 is 0 Å². The first-order valence-corrected chi connectivity index (χ1v) is 5.65. The first-order valence-electron chi connectivity index (χ1n) is 5.65. The predicted molar refractivity (Wildman–Crippen MR) is 73.6 cm³/mol. The van der Waals surface area contributed by atoms with Gasteiger partial charge in [0, 0.05) is 7.05 Å². The number of benzene rings is 2. The van der Waals surface area contributed by atoms with Crippen LogP contribution in [0.15, 0.2) is 59.7 Å². The van der Waals surface area contributed by atoms with Crippen molar-refractivity contribution in [1.29, 1.82) is 0 Å². The summed E-state index contributed by atoms with van der Waals surface area (Å²) in [4.78, 5) is 0. The van der Waals surface area contributed by atoms with E-state index in [4.69, 9.17) is 0 Å². The molecule has 2 aromatic rings. The van der Waals surface area contributed by atoms with Crippen LogP contribution in [0.1, 0.15) is 11.1 Å². The van der Waals surface area contributed by atoms with Crippen molar-refractivity contribution >= 4 is 11.9 Å². The molecular formula is C15H16N2. The van der Waals surface area contributed by atoms with Crippen LogP contribution in [-0.2, 0) is 0 Å². The largest absolute Gasteiger partial charge is 0.269 e. The van der Waals surface area contributed by atoms with E-state index in [1.165, 1.54) is 5.56 Å². The molecule has 0 unspecified atom stereocenters. The van der Waals surface area contributed by atoms with Crippen LogP contribution in [0, 0.1) is 6.92 Å².